The van der Waals surface area contributed by atoms with Crippen LogP contribution < -0.4 is 5.32 Å². The molecule has 0 spiro atoms. The Bertz CT molecular complexity index is 761. The van der Waals surface area contributed by atoms with E-state index in [1.54, 1.807) is 18.2 Å². The molecule has 2 aromatic rings. The summed E-state index contributed by atoms with van der Waals surface area (Å²) in [6.07, 6.45) is 2.35. The first-order valence-corrected chi connectivity index (χ1v) is 9.49. The van der Waals surface area contributed by atoms with Gasteiger partial charge in [0.1, 0.15) is 5.82 Å². The van der Waals surface area contributed by atoms with Gasteiger partial charge in [-0.2, -0.15) is 0 Å². The molecular weight excluding hydrogens is 367 g/mol. The van der Waals surface area contributed by atoms with E-state index in [0.29, 0.717) is 21.7 Å². The summed E-state index contributed by atoms with van der Waals surface area (Å²) in [6, 6.07) is 5.15. The van der Waals surface area contributed by atoms with Crippen LogP contribution in [-0.2, 0) is 11.3 Å². The Labute approximate surface area is 155 Å². The number of anilines is 1. The van der Waals surface area contributed by atoms with Crippen molar-refractivity contribution in [2.24, 2.45) is 0 Å². The van der Waals surface area contributed by atoms with Gasteiger partial charge in [-0.1, -0.05) is 41.0 Å². The fraction of sp³-hybridized carbons (Fsp3) is 0.438. The van der Waals surface area contributed by atoms with Gasteiger partial charge < -0.3 is 9.88 Å². The molecule has 3 rings (SSSR count). The summed E-state index contributed by atoms with van der Waals surface area (Å²) in [4.78, 5) is 12.4. The van der Waals surface area contributed by atoms with Gasteiger partial charge in [-0.05, 0) is 38.8 Å². The van der Waals surface area contributed by atoms with Crippen molar-refractivity contribution in [3.63, 3.8) is 0 Å². The first-order valence-electron chi connectivity index (χ1n) is 7.85. The van der Waals surface area contributed by atoms with Crippen molar-refractivity contribution in [2.45, 2.75) is 49.6 Å². The van der Waals surface area contributed by atoms with E-state index in [-0.39, 0.29) is 11.2 Å². The van der Waals surface area contributed by atoms with Crippen molar-refractivity contribution >= 4 is 46.6 Å². The Balaban J connectivity index is 1.69. The molecule has 24 heavy (non-hydrogen) atoms. The highest BCUT2D eigenvalue weighted by Gasteiger charge is 2.30. The van der Waals surface area contributed by atoms with Crippen molar-refractivity contribution < 1.29 is 4.79 Å². The number of nitrogens with zero attached hydrogens (tertiary/aromatic N) is 3. The van der Waals surface area contributed by atoms with Crippen LogP contribution in [0.5, 0.6) is 0 Å². The summed E-state index contributed by atoms with van der Waals surface area (Å²) in [5.74, 6) is 1.41. The predicted molar refractivity (Wildman–Crippen MR) is 98.1 cm³/mol. The third kappa shape index (κ3) is 3.71. The van der Waals surface area contributed by atoms with Crippen LogP contribution in [0, 0.1) is 0 Å². The van der Waals surface area contributed by atoms with Gasteiger partial charge in [0.15, 0.2) is 5.16 Å². The summed E-state index contributed by atoms with van der Waals surface area (Å²) >= 11 is 13.5. The molecule has 1 unspecified atom stereocenters. The second-order valence-corrected chi connectivity index (χ2v) is 7.80. The molecule has 1 heterocycles. The van der Waals surface area contributed by atoms with Gasteiger partial charge in [-0.15, -0.1) is 10.2 Å². The second-order valence-electron chi connectivity index (χ2n) is 5.71. The highest BCUT2D eigenvalue weighted by Crippen LogP contribution is 2.40. The van der Waals surface area contributed by atoms with E-state index in [4.69, 9.17) is 23.2 Å². The summed E-state index contributed by atoms with van der Waals surface area (Å²) < 4.78 is 2.10. The van der Waals surface area contributed by atoms with Crippen LogP contribution in [0.25, 0.3) is 0 Å². The molecule has 1 amide bonds. The Hall–Kier alpha value is -1.24. The molecule has 1 saturated carbocycles. The zero-order valence-corrected chi connectivity index (χ0v) is 15.8. The third-order valence-electron chi connectivity index (χ3n) is 3.87. The fourth-order valence-electron chi connectivity index (χ4n) is 2.37. The van der Waals surface area contributed by atoms with Crippen LogP contribution in [0.1, 0.15) is 38.4 Å². The zero-order valence-electron chi connectivity index (χ0n) is 13.4. The van der Waals surface area contributed by atoms with Gasteiger partial charge in [-0.25, -0.2) is 0 Å². The minimum atomic E-state index is -0.332. The lowest BCUT2D eigenvalue weighted by Crippen LogP contribution is -2.23. The molecule has 0 saturated heterocycles. The number of nitrogens with one attached hydrogen (secondary N) is 1. The minimum Gasteiger partial charge on any atom is -0.324 e. The van der Waals surface area contributed by atoms with Gasteiger partial charge in [0, 0.05) is 12.5 Å². The van der Waals surface area contributed by atoms with Crippen LogP contribution in [0.3, 0.4) is 0 Å². The van der Waals surface area contributed by atoms with Gasteiger partial charge in [0.25, 0.3) is 0 Å². The normalized spacial score (nSPS) is 15.3. The van der Waals surface area contributed by atoms with E-state index < -0.39 is 0 Å². The summed E-state index contributed by atoms with van der Waals surface area (Å²) in [7, 11) is 0. The highest BCUT2D eigenvalue weighted by molar-refractivity contribution is 8.00. The van der Waals surface area contributed by atoms with Crippen LogP contribution in [0.15, 0.2) is 23.4 Å². The van der Waals surface area contributed by atoms with Crippen molar-refractivity contribution in [1.82, 2.24) is 14.8 Å². The maximum Gasteiger partial charge on any atom is 0.237 e. The Morgan fingerprint density at radius 2 is 2.17 bits per heavy atom. The van der Waals surface area contributed by atoms with Crippen LogP contribution in [-0.4, -0.2) is 25.9 Å². The number of amides is 1. The number of rotatable bonds is 6. The summed E-state index contributed by atoms with van der Waals surface area (Å²) in [6.45, 7) is 4.70. The number of carbonyl (C=O) groups is 1. The van der Waals surface area contributed by atoms with Crippen LogP contribution in [0.2, 0.25) is 10.0 Å². The average Bonchev–Trinajstić information content (AvgIpc) is 3.33. The molecule has 0 radical (unpaired) electrons. The Morgan fingerprint density at radius 1 is 1.42 bits per heavy atom. The monoisotopic (exact) mass is 384 g/mol. The van der Waals surface area contributed by atoms with E-state index in [1.165, 1.54) is 24.6 Å². The first-order chi connectivity index (χ1) is 11.5. The minimum absolute atomic E-state index is 0.150. The lowest BCUT2D eigenvalue weighted by molar-refractivity contribution is -0.115. The summed E-state index contributed by atoms with van der Waals surface area (Å²) in [5, 5.41) is 12.6. The average molecular weight is 385 g/mol. The molecule has 0 aliphatic heterocycles. The lowest BCUT2D eigenvalue weighted by Gasteiger charge is -2.13. The van der Waals surface area contributed by atoms with E-state index in [0.717, 1.165) is 17.5 Å². The molecule has 0 bridgehead atoms. The number of halogens is 2. The van der Waals surface area contributed by atoms with Crippen LogP contribution in [0.4, 0.5) is 5.69 Å². The third-order valence-corrected chi connectivity index (χ3v) is 5.76. The Morgan fingerprint density at radius 3 is 2.83 bits per heavy atom. The quantitative estimate of drug-likeness (QED) is 0.739. The van der Waals surface area contributed by atoms with Crippen LogP contribution >= 0.6 is 35.0 Å². The van der Waals surface area contributed by atoms with Crippen molar-refractivity contribution in [2.75, 3.05) is 5.32 Å². The van der Waals surface area contributed by atoms with E-state index in [9.17, 15) is 4.79 Å². The number of aromatic nitrogens is 3. The number of carbonyl (C=O) groups excluding carboxylic acids is 1. The standard InChI is InChI=1S/C16H18Cl2N4OS/c1-3-22-14(10-7-8-10)20-21-16(22)24-9(2)15(23)19-12-6-4-5-11(17)13(12)18/h4-6,9-10H,3,7-8H2,1-2H3,(H,19,23). The Kier molecular flexibility index (Phi) is 5.37. The van der Waals surface area contributed by atoms with Crippen molar-refractivity contribution in [1.29, 1.82) is 0 Å². The molecule has 8 heteroatoms. The molecule has 1 aromatic heterocycles. The molecule has 5 nitrogen and oxygen atoms in total. The molecular formula is C16H18Cl2N4OS. The molecule has 1 fully saturated rings. The number of hydrogen-bond acceptors (Lipinski definition) is 4. The van der Waals surface area contributed by atoms with Gasteiger partial charge in [-0.3, -0.25) is 4.79 Å². The number of benzene rings is 1. The zero-order chi connectivity index (χ0) is 17.3. The van der Waals surface area contributed by atoms with Gasteiger partial charge in [0.2, 0.25) is 5.91 Å². The van der Waals surface area contributed by atoms with Crippen molar-refractivity contribution in [3.8, 4) is 0 Å². The largest absolute Gasteiger partial charge is 0.324 e. The van der Waals surface area contributed by atoms with Gasteiger partial charge >= 0.3 is 0 Å². The van der Waals surface area contributed by atoms with E-state index >= 15 is 0 Å². The maximum absolute atomic E-state index is 12.4. The number of thioether (sulfide) groups is 1. The van der Waals surface area contributed by atoms with E-state index in [1.807, 2.05) is 6.92 Å². The number of hydrogen-bond donors (Lipinski definition) is 1. The summed E-state index contributed by atoms with van der Waals surface area (Å²) in [5.41, 5.74) is 0.511. The lowest BCUT2D eigenvalue weighted by atomic mass is 10.3. The van der Waals surface area contributed by atoms with Gasteiger partial charge in [0.05, 0.1) is 21.0 Å². The fourth-order valence-corrected chi connectivity index (χ4v) is 3.64. The second kappa shape index (κ2) is 7.33. The SMILES string of the molecule is CCn1c(SC(C)C(=O)Nc2cccc(Cl)c2Cl)nnc1C1CC1. The van der Waals surface area contributed by atoms with E-state index in [2.05, 4.69) is 27.0 Å². The molecule has 1 aromatic carbocycles. The molecule has 1 aliphatic carbocycles. The molecule has 1 N–H and O–H groups in total. The first kappa shape index (κ1) is 17.6. The topological polar surface area (TPSA) is 59.8 Å². The highest BCUT2D eigenvalue weighted by atomic mass is 35.5. The molecule has 1 aliphatic rings. The molecule has 128 valence electrons. The predicted octanol–water partition coefficient (Wildman–Crippen LogP) is 4.60. The molecule has 1 atom stereocenters. The van der Waals surface area contributed by atoms with Crippen molar-refractivity contribution in [3.05, 3.63) is 34.1 Å². The smallest absolute Gasteiger partial charge is 0.237 e. The maximum atomic E-state index is 12.4.